The van der Waals surface area contributed by atoms with Crippen molar-refractivity contribution in [1.82, 2.24) is 9.80 Å². The molecule has 1 aliphatic heterocycles. The highest BCUT2D eigenvalue weighted by molar-refractivity contribution is 6.00. The minimum Gasteiger partial charge on any atom is -0.507 e. The number of aromatic hydroxyl groups is 1. The average Bonchev–Trinajstić information content (AvgIpc) is 3.27. The van der Waals surface area contributed by atoms with Gasteiger partial charge in [0.25, 0.3) is 0 Å². The highest BCUT2D eigenvalue weighted by atomic mass is 19.1. The van der Waals surface area contributed by atoms with Crippen molar-refractivity contribution >= 4 is 5.78 Å². The lowest BCUT2D eigenvalue weighted by atomic mass is 10.1. The first-order valence-electron chi connectivity index (χ1n) is 7.58. The zero-order chi connectivity index (χ0) is 14.8. The summed E-state index contributed by atoms with van der Waals surface area (Å²) in [5.74, 6) is 0.0317. The summed E-state index contributed by atoms with van der Waals surface area (Å²) in [6.07, 6.45) is 2.72. The second-order valence-corrected chi connectivity index (χ2v) is 6.10. The Balaban J connectivity index is 1.52. The third kappa shape index (κ3) is 3.80. The van der Waals surface area contributed by atoms with Gasteiger partial charge in [-0.25, -0.2) is 4.39 Å². The number of carbonyl (C=O) groups is 1. The van der Waals surface area contributed by atoms with Crippen molar-refractivity contribution in [2.45, 2.75) is 12.8 Å². The third-order valence-corrected chi connectivity index (χ3v) is 4.30. The lowest BCUT2D eigenvalue weighted by Crippen LogP contribution is -2.48. The molecule has 1 N–H and O–H groups in total. The fourth-order valence-electron chi connectivity index (χ4n) is 2.82. The van der Waals surface area contributed by atoms with E-state index in [9.17, 15) is 14.3 Å². The molecule has 1 aliphatic carbocycles. The maximum Gasteiger partial charge on any atom is 0.180 e. The number of benzene rings is 1. The van der Waals surface area contributed by atoms with Gasteiger partial charge in [0.2, 0.25) is 0 Å². The van der Waals surface area contributed by atoms with Gasteiger partial charge in [-0.1, -0.05) is 0 Å². The Labute approximate surface area is 124 Å². The Bertz CT molecular complexity index is 523. The standard InChI is InChI=1S/C16H21FN2O2/c17-13-3-4-15(20)14(9-13)16(21)11-19-7-5-18(6-8-19)10-12-1-2-12/h3-4,9,12,20H,1-2,5-8,10-11H2. The summed E-state index contributed by atoms with van der Waals surface area (Å²) in [4.78, 5) is 16.7. The van der Waals surface area contributed by atoms with E-state index in [0.717, 1.165) is 44.2 Å². The Morgan fingerprint density at radius 3 is 2.52 bits per heavy atom. The van der Waals surface area contributed by atoms with E-state index in [-0.39, 0.29) is 23.6 Å². The molecule has 1 aromatic carbocycles. The highest BCUT2D eigenvalue weighted by Crippen LogP contribution is 2.30. The van der Waals surface area contributed by atoms with Crippen molar-refractivity contribution < 1.29 is 14.3 Å². The van der Waals surface area contributed by atoms with E-state index in [4.69, 9.17) is 0 Å². The van der Waals surface area contributed by atoms with E-state index in [0.29, 0.717) is 0 Å². The van der Waals surface area contributed by atoms with Gasteiger partial charge in [0.1, 0.15) is 11.6 Å². The van der Waals surface area contributed by atoms with Crippen molar-refractivity contribution in [2.75, 3.05) is 39.3 Å². The van der Waals surface area contributed by atoms with Gasteiger partial charge in [-0.3, -0.25) is 9.69 Å². The van der Waals surface area contributed by atoms with Gasteiger partial charge < -0.3 is 10.0 Å². The molecule has 0 atom stereocenters. The molecule has 1 saturated carbocycles. The Morgan fingerprint density at radius 2 is 1.86 bits per heavy atom. The quantitative estimate of drug-likeness (QED) is 0.840. The predicted molar refractivity (Wildman–Crippen MR) is 78.0 cm³/mol. The summed E-state index contributed by atoms with van der Waals surface area (Å²) in [6.45, 7) is 5.11. The number of hydrogen-bond donors (Lipinski definition) is 1. The molecule has 0 unspecified atom stereocenters. The van der Waals surface area contributed by atoms with E-state index in [1.54, 1.807) is 0 Å². The molecule has 2 aliphatic rings. The first kappa shape index (κ1) is 14.5. The minimum absolute atomic E-state index is 0.0791. The topological polar surface area (TPSA) is 43.8 Å². The molecular weight excluding hydrogens is 271 g/mol. The van der Waals surface area contributed by atoms with Crippen molar-refractivity contribution in [3.8, 4) is 5.75 Å². The van der Waals surface area contributed by atoms with Crippen LogP contribution in [0.3, 0.4) is 0 Å². The van der Waals surface area contributed by atoms with Gasteiger partial charge in [-0.2, -0.15) is 0 Å². The van der Waals surface area contributed by atoms with Crippen LogP contribution in [0.5, 0.6) is 5.75 Å². The number of phenols is 1. The molecular formula is C16H21FN2O2. The number of rotatable bonds is 5. The molecule has 3 rings (SSSR count). The van der Waals surface area contributed by atoms with E-state index in [1.807, 2.05) is 0 Å². The zero-order valence-corrected chi connectivity index (χ0v) is 12.1. The summed E-state index contributed by atoms with van der Waals surface area (Å²) in [7, 11) is 0. The Kier molecular flexibility index (Phi) is 4.22. The van der Waals surface area contributed by atoms with Crippen LogP contribution in [-0.4, -0.2) is 60.0 Å². The molecule has 21 heavy (non-hydrogen) atoms. The first-order valence-corrected chi connectivity index (χ1v) is 7.58. The summed E-state index contributed by atoms with van der Waals surface area (Å²) in [5.41, 5.74) is 0.0791. The fourth-order valence-corrected chi connectivity index (χ4v) is 2.82. The fraction of sp³-hybridized carbons (Fsp3) is 0.562. The molecule has 4 nitrogen and oxygen atoms in total. The summed E-state index contributed by atoms with van der Waals surface area (Å²) in [5, 5.41) is 9.67. The molecule has 1 aromatic rings. The molecule has 0 bridgehead atoms. The van der Waals surface area contributed by atoms with Gasteiger partial charge in [-0.05, 0) is 37.0 Å². The van der Waals surface area contributed by atoms with E-state index in [2.05, 4.69) is 9.80 Å². The zero-order valence-electron chi connectivity index (χ0n) is 12.1. The number of halogens is 1. The molecule has 114 valence electrons. The van der Waals surface area contributed by atoms with E-state index >= 15 is 0 Å². The molecule has 2 fully saturated rings. The molecule has 5 heteroatoms. The number of nitrogens with zero attached hydrogens (tertiary/aromatic N) is 2. The van der Waals surface area contributed by atoms with Crippen molar-refractivity contribution in [3.63, 3.8) is 0 Å². The van der Waals surface area contributed by atoms with E-state index in [1.165, 1.54) is 25.5 Å². The summed E-state index contributed by atoms with van der Waals surface area (Å²) >= 11 is 0. The summed E-state index contributed by atoms with van der Waals surface area (Å²) < 4.78 is 13.2. The second kappa shape index (κ2) is 6.12. The molecule has 1 heterocycles. The number of hydrogen-bond acceptors (Lipinski definition) is 4. The van der Waals surface area contributed by atoms with Crippen LogP contribution in [0, 0.1) is 11.7 Å². The minimum atomic E-state index is -0.495. The van der Waals surface area contributed by atoms with Crippen LogP contribution in [-0.2, 0) is 0 Å². The van der Waals surface area contributed by atoms with Gasteiger partial charge >= 0.3 is 0 Å². The molecule has 0 amide bonds. The highest BCUT2D eigenvalue weighted by Gasteiger charge is 2.27. The maximum atomic E-state index is 13.2. The Hall–Kier alpha value is -1.46. The Morgan fingerprint density at radius 1 is 1.19 bits per heavy atom. The molecule has 0 aromatic heterocycles. The number of phenolic OH excluding ortho intramolecular Hbond substituents is 1. The normalized spacial score (nSPS) is 20.6. The summed E-state index contributed by atoms with van der Waals surface area (Å²) in [6, 6.07) is 3.50. The van der Waals surface area contributed by atoms with Crippen LogP contribution in [0.15, 0.2) is 18.2 Å². The van der Waals surface area contributed by atoms with Crippen molar-refractivity contribution in [1.29, 1.82) is 0 Å². The number of carbonyl (C=O) groups excluding carboxylic acids is 1. The third-order valence-electron chi connectivity index (χ3n) is 4.30. The smallest absolute Gasteiger partial charge is 0.180 e. The molecule has 0 radical (unpaired) electrons. The van der Waals surface area contributed by atoms with Crippen molar-refractivity contribution in [2.24, 2.45) is 5.92 Å². The van der Waals surface area contributed by atoms with Gasteiger partial charge in [-0.15, -0.1) is 0 Å². The van der Waals surface area contributed by atoms with Crippen LogP contribution in [0.4, 0.5) is 4.39 Å². The van der Waals surface area contributed by atoms with E-state index < -0.39 is 5.82 Å². The number of piperazine rings is 1. The largest absolute Gasteiger partial charge is 0.507 e. The molecule has 0 spiro atoms. The number of ketones is 1. The SMILES string of the molecule is O=C(CN1CCN(CC2CC2)CC1)c1cc(F)ccc1O. The number of Topliss-reactive ketones (excluding diaryl/α,β-unsaturated/α-hetero) is 1. The van der Waals surface area contributed by atoms with Crippen LogP contribution >= 0.6 is 0 Å². The van der Waals surface area contributed by atoms with Gasteiger partial charge in [0, 0.05) is 32.7 Å². The lowest BCUT2D eigenvalue weighted by Gasteiger charge is -2.34. The monoisotopic (exact) mass is 292 g/mol. The first-order chi connectivity index (χ1) is 10.1. The van der Waals surface area contributed by atoms with Crippen LogP contribution in [0.25, 0.3) is 0 Å². The van der Waals surface area contributed by atoms with Crippen LogP contribution in [0.1, 0.15) is 23.2 Å². The van der Waals surface area contributed by atoms with Gasteiger partial charge in [0.15, 0.2) is 5.78 Å². The molecule has 1 saturated heterocycles. The van der Waals surface area contributed by atoms with Gasteiger partial charge in [0.05, 0.1) is 12.1 Å². The van der Waals surface area contributed by atoms with Crippen LogP contribution < -0.4 is 0 Å². The van der Waals surface area contributed by atoms with Crippen LogP contribution in [0.2, 0.25) is 0 Å². The van der Waals surface area contributed by atoms with Crippen molar-refractivity contribution in [3.05, 3.63) is 29.6 Å². The predicted octanol–water partition coefficient (Wildman–Crippen LogP) is 1.74. The maximum absolute atomic E-state index is 13.2. The lowest BCUT2D eigenvalue weighted by molar-refractivity contribution is 0.0844. The average molecular weight is 292 g/mol. The second-order valence-electron chi connectivity index (χ2n) is 6.10.